The van der Waals surface area contributed by atoms with Crippen LogP contribution in [0.4, 0.5) is 0 Å². The molecule has 1 N–H and O–H groups in total. The Morgan fingerprint density at radius 3 is 2.71 bits per heavy atom. The second-order valence-electron chi connectivity index (χ2n) is 6.24. The summed E-state index contributed by atoms with van der Waals surface area (Å²) >= 11 is 0. The first-order valence-electron chi connectivity index (χ1n) is 7.94. The van der Waals surface area contributed by atoms with Crippen molar-refractivity contribution in [2.24, 2.45) is 11.8 Å². The Hall–Kier alpha value is -1.51. The molecule has 0 aliphatic heterocycles. The van der Waals surface area contributed by atoms with Crippen LogP contribution in [0.15, 0.2) is 18.2 Å². The maximum absolute atomic E-state index is 11.6. The maximum Gasteiger partial charge on any atom is 0.307 e. The Labute approximate surface area is 127 Å². The summed E-state index contributed by atoms with van der Waals surface area (Å²) in [7, 11) is 1.66. The predicted octanol–water partition coefficient (Wildman–Crippen LogP) is 4.39. The van der Waals surface area contributed by atoms with Crippen LogP contribution in [0.5, 0.6) is 5.75 Å². The summed E-state index contributed by atoms with van der Waals surface area (Å²) in [5.74, 6) is 0.746. The number of benzene rings is 1. The number of carboxylic acids is 1. The van der Waals surface area contributed by atoms with Crippen LogP contribution in [0, 0.1) is 18.8 Å². The molecule has 1 saturated carbocycles. The molecule has 0 saturated heterocycles. The molecule has 0 amide bonds. The van der Waals surface area contributed by atoms with Gasteiger partial charge in [-0.2, -0.15) is 0 Å². The Kier molecular flexibility index (Phi) is 5.27. The van der Waals surface area contributed by atoms with Crippen LogP contribution in [0.2, 0.25) is 0 Å². The molecule has 0 heterocycles. The van der Waals surface area contributed by atoms with Crippen LogP contribution in [0.1, 0.15) is 56.1 Å². The van der Waals surface area contributed by atoms with Gasteiger partial charge in [-0.15, -0.1) is 0 Å². The highest BCUT2D eigenvalue weighted by Gasteiger charge is 2.36. The van der Waals surface area contributed by atoms with Crippen LogP contribution in [-0.2, 0) is 4.79 Å². The van der Waals surface area contributed by atoms with Gasteiger partial charge in [0, 0.05) is 0 Å². The van der Waals surface area contributed by atoms with Crippen molar-refractivity contribution >= 4 is 5.97 Å². The minimum absolute atomic E-state index is 0.138. The van der Waals surface area contributed by atoms with Crippen LogP contribution in [0.25, 0.3) is 0 Å². The minimum atomic E-state index is -0.648. The van der Waals surface area contributed by atoms with E-state index in [9.17, 15) is 9.90 Å². The van der Waals surface area contributed by atoms with Gasteiger partial charge in [-0.25, -0.2) is 0 Å². The van der Waals surface area contributed by atoms with Gasteiger partial charge in [0.25, 0.3) is 0 Å². The van der Waals surface area contributed by atoms with Crippen molar-refractivity contribution in [2.45, 2.75) is 51.9 Å². The molecule has 2 rings (SSSR count). The van der Waals surface area contributed by atoms with Crippen molar-refractivity contribution in [3.05, 3.63) is 29.3 Å². The Bertz CT molecular complexity index is 495. The van der Waals surface area contributed by atoms with Crippen molar-refractivity contribution in [1.29, 1.82) is 0 Å². The van der Waals surface area contributed by atoms with Crippen molar-refractivity contribution in [3.63, 3.8) is 0 Å². The molecule has 1 aromatic rings. The molecule has 116 valence electrons. The van der Waals surface area contributed by atoms with Gasteiger partial charge in [-0.05, 0) is 61.3 Å². The molecular weight excluding hydrogens is 264 g/mol. The first kappa shape index (κ1) is 15.9. The van der Waals surface area contributed by atoms with Crippen LogP contribution >= 0.6 is 0 Å². The van der Waals surface area contributed by atoms with E-state index in [0.717, 1.165) is 30.6 Å². The summed E-state index contributed by atoms with van der Waals surface area (Å²) in [6.07, 6.45) is 5.24. The average Bonchev–Trinajstić information content (AvgIpc) is 2.47. The molecular formula is C18H26O3. The maximum atomic E-state index is 11.6. The quantitative estimate of drug-likeness (QED) is 0.875. The van der Waals surface area contributed by atoms with E-state index >= 15 is 0 Å². The van der Waals surface area contributed by atoms with Gasteiger partial charge in [0.2, 0.25) is 0 Å². The highest BCUT2D eigenvalue weighted by Crippen LogP contribution is 2.43. The summed E-state index contributed by atoms with van der Waals surface area (Å²) in [4.78, 5) is 11.6. The van der Waals surface area contributed by atoms with E-state index in [2.05, 4.69) is 19.9 Å². The number of hydrogen-bond donors (Lipinski definition) is 1. The molecule has 1 fully saturated rings. The Balaban J connectivity index is 2.28. The number of rotatable bonds is 5. The Morgan fingerprint density at radius 2 is 2.14 bits per heavy atom. The van der Waals surface area contributed by atoms with Gasteiger partial charge in [-0.3, -0.25) is 4.79 Å². The van der Waals surface area contributed by atoms with Crippen LogP contribution in [0.3, 0.4) is 0 Å². The third-order valence-electron chi connectivity index (χ3n) is 4.85. The van der Waals surface area contributed by atoms with Crippen molar-refractivity contribution in [3.8, 4) is 5.75 Å². The van der Waals surface area contributed by atoms with Gasteiger partial charge in [0.1, 0.15) is 5.75 Å². The fraction of sp³-hybridized carbons (Fsp3) is 0.611. The standard InChI is InChI=1S/C18H26O3/c1-4-5-13-6-8-16(18(19)20)17(11-13)15-9-7-14(21-3)10-12(15)2/h7,9-10,13,16-17H,4-6,8,11H2,1-3H3,(H,19,20). The van der Waals surface area contributed by atoms with E-state index in [-0.39, 0.29) is 11.8 Å². The zero-order valence-corrected chi connectivity index (χ0v) is 13.3. The number of hydrogen-bond acceptors (Lipinski definition) is 2. The highest BCUT2D eigenvalue weighted by atomic mass is 16.5. The monoisotopic (exact) mass is 290 g/mol. The zero-order chi connectivity index (χ0) is 15.4. The van der Waals surface area contributed by atoms with E-state index in [0.29, 0.717) is 5.92 Å². The summed E-state index contributed by atoms with van der Waals surface area (Å²) in [5.41, 5.74) is 2.33. The topological polar surface area (TPSA) is 46.5 Å². The molecule has 3 atom stereocenters. The Morgan fingerprint density at radius 1 is 1.38 bits per heavy atom. The van der Waals surface area contributed by atoms with Crippen molar-refractivity contribution in [2.75, 3.05) is 7.11 Å². The lowest BCUT2D eigenvalue weighted by Gasteiger charge is -2.35. The SMILES string of the molecule is CCCC1CCC(C(=O)O)C(c2ccc(OC)cc2C)C1. The first-order valence-corrected chi connectivity index (χ1v) is 7.94. The molecule has 3 unspecified atom stereocenters. The number of aliphatic carboxylic acids is 1. The van der Waals surface area contributed by atoms with E-state index in [1.807, 2.05) is 12.1 Å². The van der Waals surface area contributed by atoms with Gasteiger partial charge >= 0.3 is 5.97 Å². The highest BCUT2D eigenvalue weighted by molar-refractivity contribution is 5.71. The molecule has 1 aliphatic rings. The number of carbonyl (C=O) groups is 1. The van der Waals surface area contributed by atoms with Crippen molar-refractivity contribution < 1.29 is 14.6 Å². The largest absolute Gasteiger partial charge is 0.497 e. The zero-order valence-electron chi connectivity index (χ0n) is 13.3. The van der Waals surface area contributed by atoms with E-state index < -0.39 is 5.97 Å². The molecule has 0 radical (unpaired) electrons. The fourth-order valence-corrected chi connectivity index (χ4v) is 3.76. The lowest BCUT2D eigenvalue weighted by molar-refractivity contribution is -0.143. The summed E-state index contributed by atoms with van der Waals surface area (Å²) in [6, 6.07) is 6.02. The summed E-state index contributed by atoms with van der Waals surface area (Å²) in [6.45, 7) is 4.26. The summed E-state index contributed by atoms with van der Waals surface area (Å²) < 4.78 is 5.26. The minimum Gasteiger partial charge on any atom is -0.497 e. The molecule has 1 aromatic carbocycles. The van der Waals surface area contributed by atoms with Crippen LogP contribution < -0.4 is 4.74 Å². The average molecular weight is 290 g/mol. The summed E-state index contributed by atoms with van der Waals surface area (Å²) in [5, 5.41) is 9.55. The second-order valence-corrected chi connectivity index (χ2v) is 6.24. The molecule has 3 nitrogen and oxygen atoms in total. The first-order chi connectivity index (χ1) is 10.1. The van der Waals surface area contributed by atoms with Gasteiger partial charge < -0.3 is 9.84 Å². The molecule has 0 spiro atoms. The van der Waals surface area contributed by atoms with Gasteiger partial charge in [0.15, 0.2) is 0 Å². The fourth-order valence-electron chi connectivity index (χ4n) is 3.76. The van der Waals surface area contributed by atoms with E-state index in [1.54, 1.807) is 7.11 Å². The lowest BCUT2D eigenvalue weighted by atomic mass is 9.69. The molecule has 21 heavy (non-hydrogen) atoms. The third-order valence-corrected chi connectivity index (χ3v) is 4.85. The smallest absolute Gasteiger partial charge is 0.307 e. The number of aryl methyl sites for hydroxylation is 1. The van der Waals surface area contributed by atoms with Gasteiger partial charge in [-0.1, -0.05) is 25.8 Å². The molecule has 3 heteroatoms. The van der Waals surface area contributed by atoms with E-state index in [4.69, 9.17) is 4.74 Å². The van der Waals surface area contributed by atoms with Gasteiger partial charge in [0.05, 0.1) is 13.0 Å². The van der Waals surface area contributed by atoms with Crippen LogP contribution in [-0.4, -0.2) is 18.2 Å². The number of methoxy groups -OCH3 is 1. The molecule has 1 aliphatic carbocycles. The predicted molar refractivity (Wildman–Crippen MR) is 83.8 cm³/mol. The lowest BCUT2D eigenvalue weighted by Crippen LogP contribution is -2.29. The number of carboxylic acid groups (broad SMARTS) is 1. The third kappa shape index (κ3) is 3.58. The van der Waals surface area contributed by atoms with E-state index in [1.165, 1.54) is 18.4 Å². The molecule has 0 aromatic heterocycles. The normalized spacial score (nSPS) is 25.6. The molecule has 0 bridgehead atoms. The van der Waals surface area contributed by atoms with Crippen molar-refractivity contribution in [1.82, 2.24) is 0 Å². The second kappa shape index (κ2) is 6.97. The number of ether oxygens (including phenoxy) is 1.